The summed E-state index contributed by atoms with van der Waals surface area (Å²) in [6, 6.07) is 4.02. The number of nitrogens with zero attached hydrogens (tertiary/aromatic N) is 4. The van der Waals surface area contributed by atoms with Gasteiger partial charge >= 0.3 is 5.97 Å². The summed E-state index contributed by atoms with van der Waals surface area (Å²) in [5, 5.41) is 28.2. The number of aliphatic imine (C=N–C) groups is 1. The van der Waals surface area contributed by atoms with Crippen molar-refractivity contribution in [1.82, 2.24) is 4.57 Å². The van der Waals surface area contributed by atoms with Crippen LogP contribution in [-0.4, -0.2) is 37.1 Å². The lowest BCUT2D eigenvalue weighted by atomic mass is 9.91. The molecule has 1 unspecified atom stereocenters. The van der Waals surface area contributed by atoms with Crippen LogP contribution in [0.5, 0.6) is 5.88 Å². The van der Waals surface area contributed by atoms with Crippen molar-refractivity contribution in [3.8, 4) is 5.88 Å². The summed E-state index contributed by atoms with van der Waals surface area (Å²) in [7, 11) is 0. The lowest BCUT2D eigenvalue weighted by molar-refractivity contribution is -0.138. The van der Waals surface area contributed by atoms with Gasteiger partial charge in [0.1, 0.15) is 5.25 Å². The normalized spacial score (nSPS) is 20.4. The first-order chi connectivity index (χ1) is 13.6. The number of aliphatic carboxylic acids is 1. The van der Waals surface area contributed by atoms with E-state index in [2.05, 4.69) is 27.4 Å². The topological polar surface area (TPSA) is 117 Å². The number of carbonyl (C=O) groups is 2. The zero-order valence-electron chi connectivity index (χ0n) is 16.4. The molecule has 1 aromatic heterocycles. The predicted molar refractivity (Wildman–Crippen MR) is 112 cm³/mol. The van der Waals surface area contributed by atoms with Gasteiger partial charge in [0.05, 0.1) is 17.5 Å². The maximum Gasteiger partial charge on any atom is 0.305 e. The molecule has 2 aliphatic heterocycles. The summed E-state index contributed by atoms with van der Waals surface area (Å²) in [6.45, 7) is 8.03. The van der Waals surface area contributed by atoms with Crippen LogP contribution >= 0.6 is 11.8 Å². The number of carboxylic acid groups (broad SMARTS) is 1. The second-order valence-corrected chi connectivity index (χ2v) is 9.00. The Morgan fingerprint density at radius 3 is 2.72 bits per heavy atom. The molecular weight excluding hydrogens is 392 g/mol. The Labute approximate surface area is 171 Å². The van der Waals surface area contributed by atoms with Crippen molar-refractivity contribution in [3.63, 3.8) is 0 Å². The second-order valence-electron chi connectivity index (χ2n) is 7.83. The monoisotopic (exact) mass is 412 g/mol. The fourth-order valence-corrected chi connectivity index (χ4v) is 4.83. The van der Waals surface area contributed by atoms with Crippen molar-refractivity contribution >= 4 is 51.0 Å². The highest BCUT2D eigenvalue weighted by atomic mass is 32.2. The van der Waals surface area contributed by atoms with Crippen LogP contribution < -0.4 is 0 Å². The molecule has 1 aromatic carbocycles. The minimum atomic E-state index is -1.07. The fraction of sp³-hybridized carbons (Fsp3) is 0.350. The molecule has 0 spiro atoms. The van der Waals surface area contributed by atoms with E-state index in [0.717, 1.165) is 39.4 Å². The van der Waals surface area contributed by atoms with Gasteiger partial charge in [-0.05, 0) is 51.0 Å². The predicted octanol–water partition coefficient (Wildman–Crippen LogP) is 4.36. The maximum atomic E-state index is 11.8. The minimum Gasteiger partial charge on any atom is -0.493 e. The van der Waals surface area contributed by atoms with E-state index in [1.54, 1.807) is 0 Å². The molecule has 150 valence electrons. The molecule has 0 saturated heterocycles. The molecule has 0 aliphatic carbocycles. The van der Waals surface area contributed by atoms with Gasteiger partial charge in [-0.2, -0.15) is 4.99 Å². The molecule has 9 heteroatoms. The lowest BCUT2D eigenvalue weighted by Crippen LogP contribution is -2.26. The van der Waals surface area contributed by atoms with E-state index in [9.17, 15) is 14.7 Å². The Balaban J connectivity index is 1.79. The summed E-state index contributed by atoms with van der Waals surface area (Å²) in [5.41, 5.74) is 3.91. The molecule has 4 rings (SSSR count). The number of hydrogen-bond donors (Lipinski definition) is 2. The van der Waals surface area contributed by atoms with E-state index in [4.69, 9.17) is 5.11 Å². The molecule has 2 N–H and O–H groups in total. The van der Waals surface area contributed by atoms with Crippen LogP contribution in [0.25, 0.3) is 16.5 Å². The van der Waals surface area contributed by atoms with Gasteiger partial charge in [-0.3, -0.25) is 9.59 Å². The molecular formula is C20H20N4O4S. The van der Waals surface area contributed by atoms with E-state index in [0.29, 0.717) is 5.69 Å². The standard InChI is InChI=1S/C20H20N4O4S/c1-9-5-11-10(2)8-20(3,4)24-16(11)12(6-9)15(18(24)28)22-23-19-21-17(27)13(29-19)7-14(25)26/h5-6,8,13,28H,7H2,1-4H3,(H,25,26). The first-order valence-corrected chi connectivity index (χ1v) is 9.97. The summed E-state index contributed by atoms with van der Waals surface area (Å²) in [4.78, 5) is 26.5. The number of allylic oxidation sites excluding steroid dienone is 2. The van der Waals surface area contributed by atoms with Crippen molar-refractivity contribution in [1.29, 1.82) is 0 Å². The van der Waals surface area contributed by atoms with Gasteiger partial charge in [0.15, 0.2) is 5.69 Å². The van der Waals surface area contributed by atoms with Crippen molar-refractivity contribution in [2.45, 2.75) is 44.9 Å². The number of aromatic hydroxyl groups is 1. The summed E-state index contributed by atoms with van der Waals surface area (Å²) in [6.07, 6.45) is 1.78. The average Bonchev–Trinajstić information content (AvgIpc) is 3.08. The highest BCUT2D eigenvalue weighted by molar-refractivity contribution is 8.15. The van der Waals surface area contributed by atoms with Gasteiger partial charge in [0.25, 0.3) is 5.91 Å². The number of carboxylic acids is 1. The van der Waals surface area contributed by atoms with Gasteiger partial charge in [-0.1, -0.05) is 17.8 Å². The molecule has 29 heavy (non-hydrogen) atoms. The Morgan fingerprint density at radius 2 is 2.03 bits per heavy atom. The van der Waals surface area contributed by atoms with Crippen LogP contribution in [0.15, 0.2) is 33.4 Å². The molecule has 0 saturated carbocycles. The third-order valence-electron chi connectivity index (χ3n) is 5.05. The Kier molecular flexibility index (Phi) is 4.38. The Bertz CT molecular complexity index is 1170. The highest BCUT2D eigenvalue weighted by Gasteiger charge is 2.33. The third kappa shape index (κ3) is 3.15. The van der Waals surface area contributed by atoms with Crippen LogP contribution in [-0.2, 0) is 15.1 Å². The van der Waals surface area contributed by atoms with Crippen LogP contribution in [0.1, 0.15) is 38.3 Å². The zero-order valence-corrected chi connectivity index (χ0v) is 17.2. The summed E-state index contributed by atoms with van der Waals surface area (Å²) < 4.78 is 1.83. The van der Waals surface area contributed by atoms with Crippen molar-refractivity contribution in [2.24, 2.45) is 15.2 Å². The number of amides is 1. The quantitative estimate of drug-likeness (QED) is 0.726. The zero-order chi connectivity index (χ0) is 21.1. The largest absolute Gasteiger partial charge is 0.493 e. The SMILES string of the molecule is CC1=CC(C)(C)n2c(O)c(N=NC3=NC(=O)C(CC(=O)O)S3)c3cc(C)cc1c32. The van der Waals surface area contributed by atoms with Gasteiger partial charge < -0.3 is 14.8 Å². The number of aromatic nitrogens is 1. The Morgan fingerprint density at radius 1 is 1.31 bits per heavy atom. The smallest absolute Gasteiger partial charge is 0.305 e. The average molecular weight is 412 g/mol. The van der Waals surface area contributed by atoms with E-state index >= 15 is 0 Å². The van der Waals surface area contributed by atoms with Crippen molar-refractivity contribution in [3.05, 3.63) is 29.3 Å². The van der Waals surface area contributed by atoms with Crippen molar-refractivity contribution in [2.75, 3.05) is 0 Å². The summed E-state index contributed by atoms with van der Waals surface area (Å²) >= 11 is 0.969. The van der Waals surface area contributed by atoms with Crippen LogP contribution in [0, 0.1) is 6.92 Å². The third-order valence-corrected chi connectivity index (χ3v) is 6.09. The highest BCUT2D eigenvalue weighted by Crippen LogP contribution is 2.48. The lowest BCUT2D eigenvalue weighted by Gasteiger charge is -2.31. The van der Waals surface area contributed by atoms with Crippen LogP contribution in [0.2, 0.25) is 0 Å². The molecule has 0 bridgehead atoms. The number of aryl methyl sites for hydroxylation is 1. The van der Waals surface area contributed by atoms with E-state index in [-0.39, 0.29) is 17.5 Å². The van der Waals surface area contributed by atoms with E-state index in [1.807, 2.05) is 38.3 Å². The maximum absolute atomic E-state index is 11.8. The molecule has 3 heterocycles. The fourth-order valence-electron chi connectivity index (χ4n) is 3.96. The molecule has 0 fully saturated rings. The number of thioether (sulfide) groups is 1. The van der Waals surface area contributed by atoms with Gasteiger partial charge in [-0.25, -0.2) is 0 Å². The number of benzene rings is 1. The number of rotatable bonds is 3. The number of amidine groups is 1. The van der Waals surface area contributed by atoms with Crippen LogP contribution in [0.3, 0.4) is 0 Å². The van der Waals surface area contributed by atoms with E-state index < -0.39 is 22.7 Å². The molecule has 0 radical (unpaired) electrons. The second kappa shape index (κ2) is 6.55. The molecule has 2 aliphatic rings. The first kappa shape index (κ1) is 19.4. The molecule has 8 nitrogen and oxygen atoms in total. The molecule has 2 aromatic rings. The molecule has 1 amide bonds. The van der Waals surface area contributed by atoms with Gasteiger partial charge in [0, 0.05) is 10.9 Å². The van der Waals surface area contributed by atoms with Crippen molar-refractivity contribution < 1.29 is 19.8 Å². The number of hydrogen-bond acceptors (Lipinski definition) is 6. The Hall–Kier alpha value is -2.94. The first-order valence-electron chi connectivity index (χ1n) is 9.09. The van der Waals surface area contributed by atoms with E-state index in [1.165, 1.54) is 0 Å². The van der Waals surface area contributed by atoms with Gasteiger partial charge in [-0.15, -0.1) is 10.2 Å². The minimum absolute atomic E-state index is 0.0126. The summed E-state index contributed by atoms with van der Waals surface area (Å²) in [5.74, 6) is -1.62. The van der Waals surface area contributed by atoms with Crippen LogP contribution in [0.4, 0.5) is 5.69 Å². The number of azo groups is 1. The van der Waals surface area contributed by atoms with Gasteiger partial charge in [0.2, 0.25) is 11.0 Å². The molecule has 1 atom stereocenters. The number of carbonyl (C=O) groups excluding carboxylic acids is 1.